The normalized spacial score (nSPS) is 25.5. The Kier molecular flexibility index (Phi) is 3.45. The van der Waals surface area contributed by atoms with Gasteiger partial charge in [0.25, 0.3) is 0 Å². The van der Waals surface area contributed by atoms with E-state index in [9.17, 15) is 9.50 Å². The fourth-order valence-corrected chi connectivity index (χ4v) is 2.55. The third kappa shape index (κ3) is 2.60. The fraction of sp³-hybridized carbons (Fsp3) is 0.455. The SMILES string of the molecule is O[C@@H]1CCC[C@H]1Nc1ccc(F)cc1I. The molecule has 1 aromatic carbocycles. The second-order valence-electron chi connectivity index (χ2n) is 3.87. The van der Waals surface area contributed by atoms with E-state index in [0.29, 0.717) is 0 Å². The Hall–Kier alpha value is -0.360. The second-order valence-corrected chi connectivity index (χ2v) is 5.04. The maximum atomic E-state index is 12.9. The maximum absolute atomic E-state index is 12.9. The first-order valence-electron chi connectivity index (χ1n) is 5.06. The van der Waals surface area contributed by atoms with Crippen LogP contribution < -0.4 is 5.32 Å². The van der Waals surface area contributed by atoms with E-state index in [1.54, 1.807) is 6.07 Å². The van der Waals surface area contributed by atoms with E-state index in [2.05, 4.69) is 27.9 Å². The van der Waals surface area contributed by atoms with Crippen molar-refractivity contribution in [1.29, 1.82) is 0 Å². The first-order chi connectivity index (χ1) is 7.16. The van der Waals surface area contributed by atoms with Gasteiger partial charge in [-0.1, -0.05) is 0 Å². The van der Waals surface area contributed by atoms with E-state index in [1.165, 1.54) is 12.1 Å². The van der Waals surface area contributed by atoms with Crippen molar-refractivity contribution in [2.45, 2.75) is 31.4 Å². The molecule has 2 rings (SSSR count). The Morgan fingerprint density at radius 1 is 1.40 bits per heavy atom. The predicted molar refractivity (Wildman–Crippen MR) is 66.4 cm³/mol. The average molecular weight is 321 g/mol. The summed E-state index contributed by atoms with van der Waals surface area (Å²) < 4.78 is 13.7. The highest BCUT2D eigenvalue weighted by molar-refractivity contribution is 14.1. The monoisotopic (exact) mass is 321 g/mol. The lowest BCUT2D eigenvalue weighted by molar-refractivity contribution is 0.172. The molecule has 1 aliphatic rings. The van der Waals surface area contributed by atoms with Gasteiger partial charge in [-0.15, -0.1) is 0 Å². The van der Waals surface area contributed by atoms with Gasteiger partial charge in [0.2, 0.25) is 0 Å². The Bertz CT molecular complexity index is 358. The highest BCUT2D eigenvalue weighted by Crippen LogP contribution is 2.26. The maximum Gasteiger partial charge on any atom is 0.124 e. The van der Waals surface area contributed by atoms with Gasteiger partial charge in [-0.25, -0.2) is 4.39 Å². The van der Waals surface area contributed by atoms with E-state index in [1.807, 2.05) is 0 Å². The van der Waals surface area contributed by atoms with Crippen LogP contribution in [0.1, 0.15) is 19.3 Å². The van der Waals surface area contributed by atoms with Crippen molar-refractivity contribution in [2.75, 3.05) is 5.32 Å². The zero-order valence-corrected chi connectivity index (χ0v) is 10.4. The number of anilines is 1. The number of benzene rings is 1. The first-order valence-corrected chi connectivity index (χ1v) is 6.14. The van der Waals surface area contributed by atoms with Gasteiger partial charge in [-0.3, -0.25) is 0 Å². The molecule has 2 atom stereocenters. The summed E-state index contributed by atoms with van der Waals surface area (Å²) in [5, 5.41) is 12.9. The number of aliphatic hydroxyl groups is 1. The average Bonchev–Trinajstić information content (AvgIpc) is 2.57. The van der Waals surface area contributed by atoms with Gasteiger partial charge < -0.3 is 10.4 Å². The first kappa shape index (κ1) is 11.1. The highest BCUT2D eigenvalue weighted by atomic mass is 127. The lowest BCUT2D eigenvalue weighted by Crippen LogP contribution is -2.28. The van der Waals surface area contributed by atoms with Crippen LogP contribution in [0.2, 0.25) is 0 Å². The largest absolute Gasteiger partial charge is 0.391 e. The second kappa shape index (κ2) is 4.65. The van der Waals surface area contributed by atoms with E-state index in [4.69, 9.17) is 0 Å². The summed E-state index contributed by atoms with van der Waals surface area (Å²) in [5.41, 5.74) is 0.906. The van der Waals surface area contributed by atoms with Crippen molar-refractivity contribution in [3.05, 3.63) is 27.6 Å². The van der Waals surface area contributed by atoms with Crippen molar-refractivity contribution in [1.82, 2.24) is 0 Å². The summed E-state index contributed by atoms with van der Waals surface area (Å²) in [6.07, 6.45) is 2.62. The number of halogens is 2. The quantitative estimate of drug-likeness (QED) is 0.821. The number of rotatable bonds is 2. The molecule has 0 heterocycles. The molecule has 0 bridgehead atoms. The molecule has 4 heteroatoms. The molecule has 1 fully saturated rings. The highest BCUT2D eigenvalue weighted by Gasteiger charge is 2.25. The minimum Gasteiger partial charge on any atom is -0.391 e. The van der Waals surface area contributed by atoms with Gasteiger partial charge in [0.05, 0.1) is 12.1 Å². The number of nitrogens with one attached hydrogen (secondary N) is 1. The van der Waals surface area contributed by atoms with Crippen LogP contribution in [0.5, 0.6) is 0 Å². The van der Waals surface area contributed by atoms with Crippen LogP contribution in [0, 0.1) is 9.39 Å². The Labute approximate surface area is 102 Å². The molecular formula is C11H13FINO. The molecule has 1 aliphatic carbocycles. The van der Waals surface area contributed by atoms with E-state index < -0.39 is 0 Å². The zero-order valence-electron chi connectivity index (χ0n) is 8.21. The minimum absolute atomic E-state index is 0.115. The van der Waals surface area contributed by atoms with Crippen molar-refractivity contribution in [3.8, 4) is 0 Å². The summed E-state index contributed by atoms with van der Waals surface area (Å²) in [6, 6.07) is 4.77. The third-order valence-electron chi connectivity index (χ3n) is 2.75. The Morgan fingerprint density at radius 3 is 2.80 bits per heavy atom. The topological polar surface area (TPSA) is 32.3 Å². The summed E-state index contributed by atoms with van der Waals surface area (Å²) in [7, 11) is 0. The van der Waals surface area contributed by atoms with Crippen LogP contribution in [-0.4, -0.2) is 17.3 Å². The lowest BCUT2D eigenvalue weighted by atomic mass is 10.2. The van der Waals surface area contributed by atoms with Crippen molar-refractivity contribution in [2.24, 2.45) is 0 Å². The summed E-state index contributed by atoms with van der Waals surface area (Å²) in [6.45, 7) is 0. The van der Waals surface area contributed by atoms with Gasteiger partial charge in [0, 0.05) is 9.26 Å². The molecule has 1 aromatic rings. The summed E-state index contributed by atoms with van der Waals surface area (Å²) >= 11 is 2.10. The molecule has 1 saturated carbocycles. The van der Waals surface area contributed by atoms with Crippen LogP contribution in [-0.2, 0) is 0 Å². The summed E-state index contributed by atoms with van der Waals surface area (Å²) in [4.78, 5) is 0. The van der Waals surface area contributed by atoms with Crippen molar-refractivity contribution < 1.29 is 9.50 Å². The Morgan fingerprint density at radius 2 is 2.20 bits per heavy atom. The predicted octanol–water partition coefficient (Wildman–Crippen LogP) is 2.76. The number of hydrogen-bond acceptors (Lipinski definition) is 2. The van der Waals surface area contributed by atoms with Crippen LogP contribution in [0.4, 0.5) is 10.1 Å². The molecule has 0 radical (unpaired) electrons. The molecule has 0 unspecified atom stereocenters. The standard InChI is InChI=1S/C11H13FINO/c12-7-4-5-9(8(13)6-7)14-10-2-1-3-11(10)15/h4-6,10-11,14-15H,1-3H2/t10-,11-/m1/s1. The molecule has 15 heavy (non-hydrogen) atoms. The van der Waals surface area contributed by atoms with Crippen LogP contribution in [0.3, 0.4) is 0 Å². The van der Waals surface area contributed by atoms with Gasteiger partial charge in [0.15, 0.2) is 0 Å². The summed E-state index contributed by atoms with van der Waals surface area (Å²) in [5.74, 6) is -0.225. The molecule has 2 N–H and O–H groups in total. The molecular weight excluding hydrogens is 308 g/mol. The van der Waals surface area contributed by atoms with Gasteiger partial charge in [-0.05, 0) is 60.1 Å². The van der Waals surface area contributed by atoms with Crippen molar-refractivity contribution >= 4 is 28.3 Å². The molecule has 82 valence electrons. The fourth-order valence-electron chi connectivity index (χ4n) is 1.92. The van der Waals surface area contributed by atoms with Crippen molar-refractivity contribution in [3.63, 3.8) is 0 Å². The smallest absolute Gasteiger partial charge is 0.124 e. The van der Waals surface area contributed by atoms with E-state index in [-0.39, 0.29) is 18.0 Å². The zero-order chi connectivity index (χ0) is 10.8. The molecule has 0 aromatic heterocycles. The van der Waals surface area contributed by atoms with Crippen LogP contribution in [0.25, 0.3) is 0 Å². The van der Waals surface area contributed by atoms with Crippen LogP contribution in [0.15, 0.2) is 18.2 Å². The molecule has 0 aliphatic heterocycles. The van der Waals surface area contributed by atoms with E-state index >= 15 is 0 Å². The molecule has 0 spiro atoms. The van der Waals surface area contributed by atoms with Gasteiger partial charge in [-0.2, -0.15) is 0 Å². The lowest BCUT2D eigenvalue weighted by Gasteiger charge is -2.18. The molecule has 0 amide bonds. The molecule has 0 saturated heterocycles. The minimum atomic E-state index is -0.272. The molecule has 2 nitrogen and oxygen atoms in total. The van der Waals surface area contributed by atoms with Gasteiger partial charge >= 0.3 is 0 Å². The Balaban J connectivity index is 2.10. The number of aliphatic hydroxyl groups excluding tert-OH is 1. The number of hydrogen-bond donors (Lipinski definition) is 2. The van der Waals surface area contributed by atoms with Gasteiger partial charge in [0.1, 0.15) is 5.82 Å². The third-order valence-corrected chi connectivity index (χ3v) is 3.64. The van der Waals surface area contributed by atoms with E-state index in [0.717, 1.165) is 28.5 Å². The van der Waals surface area contributed by atoms with Crippen LogP contribution >= 0.6 is 22.6 Å².